The molecule has 0 aromatic heterocycles. The molecule has 0 aliphatic rings. The van der Waals surface area contributed by atoms with Gasteiger partial charge < -0.3 is 10.4 Å². The molecular formula is C13H16FNO3. The van der Waals surface area contributed by atoms with Crippen molar-refractivity contribution >= 4 is 17.6 Å². The first-order chi connectivity index (χ1) is 8.29. The van der Waals surface area contributed by atoms with Gasteiger partial charge in [-0.15, -0.1) is 0 Å². The topological polar surface area (TPSA) is 66.4 Å². The minimum Gasteiger partial charge on any atom is -0.478 e. The smallest absolute Gasteiger partial charge is 0.340 e. The highest BCUT2D eigenvalue weighted by atomic mass is 19.1. The molecule has 2 N–H and O–H groups in total. The lowest BCUT2D eigenvalue weighted by Crippen LogP contribution is -2.30. The second-order valence-electron chi connectivity index (χ2n) is 4.66. The summed E-state index contributed by atoms with van der Waals surface area (Å²) in [4.78, 5) is 22.9. The lowest BCUT2D eigenvalue weighted by Gasteiger charge is -2.22. The summed E-state index contributed by atoms with van der Waals surface area (Å²) >= 11 is 0. The van der Waals surface area contributed by atoms with Crippen LogP contribution in [0.4, 0.5) is 10.1 Å². The Morgan fingerprint density at radius 3 is 2.50 bits per heavy atom. The first kappa shape index (κ1) is 14.2. The Balaban J connectivity index is 3.09. The fourth-order valence-corrected chi connectivity index (χ4v) is 1.30. The van der Waals surface area contributed by atoms with Crippen LogP contribution in [0.5, 0.6) is 0 Å². The van der Waals surface area contributed by atoms with E-state index in [0.717, 1.165) is 6.07 Å². The summed E-state index contributed by atoms with van der Waals surface area (Å²) in [5, 5.41) is 11.4. The fourth-order valence-electron chi connectivity index (χ4n) is 1.30. The lowest BCUT2D eigenvalue weighted by atomic mass is 9.89. The average molecular weight is 253 g/mol. The van der Waals surface area contributed by atoms with Gasteiger partial charge in [-0.05, 0) is 18.6 Å². The maximum Gasteiger partial charge on any atom is 0.340 e. The van der Waals surface area contributed by atoms with Crippen molar-refractivity contribution in [1.82, 2.24) is 0 Å². The van der Waals surface area contributed by atoms with Crippen LogP contribution in [0, 0.1) is 11.2 Å². The molecule has 4 nitrogen and oxygen atoms in total. The quantitative estimate of drug-likeness (QED) is 0.867. The number of halogens is 1. The molecule has 0 unspecified atom stereocenters. The van der Waals surface area contributed by atoms with Crippen LogP contribution in [0.2, 0.25) is 0 Å². The highest BCUT2D eigenvalue weighted by molar-refractivity contribution is 6.02. The molecular weight excluding hydrogens is 237 g/mol. The zero-order valence-electron chi connectivity index (χ0n) is 10.6. The number of hydrogen-bond acceptors (Lipinski definition) is 2. The number of benzene rings is 1. The van der Waals surface area contributed by atoms with Crippen molar-refractivity contribution in [3.05, 3.63) is 29.6 Å². The first-order valence-electron chi connectivity index (χ1n) is 5.63. The predicted octanol–water partition coefficient (Wildman–Crippen LogP) is 2.90. The van der Waals surface area contributed by atoms with Gasteiger partial charge in [0.2, 0.25) is 5.91 Å². The zero-order chi connectivity index (χ0) is 13.9. The monoisotopic (exact) mass is 253 g/mol. The standard InChI is InChI=1S/C13H16FNO3/c1-4-13(2,3)12(18)15-9-7-5-6-8(14)10(9)11(16)17/h5-7H,4H2,1-3H3,(H,15,18)(H,16,17). The number of nitrogens with one attached hydrogen (secondary N) is 1. The van der Waals surface area contributed by atoms with E-state index in [1.165, 1.54) is 12.1 Å². The molecule has 1 aromatic carbocycles. The highest BCUT2D eigenvalue weighted by Gasteiger charge is 2.27. The minimum absolute atomic E-state index is 0.0194. The van der Waals surface area contributed by atoms with Gasteiger partial charge >= 0.3 is 5.97 Å². The van der Waals surface area contributed by atoms with Crippen LogP contribution in [-0.4, -0.2) is 17.0 Å². The van der Waals surface area contributed by atoms with Crippen LogP contribution in [0.3, 0.4) is 0 Å². The van der Waals surface area contributed by atoms with Crippen molar-refractivity contribution in [3.63, 3.8) is 0 Å². The van der Waals surface area contributed by atoms with E-state index in [2.05, 4.69) is 5.32 Å². The van der Waals surface area contributed by atoms with Crippen molar-refractivity contribution in [2.75, 3.05) is 5.32 Å². The van der Waals surface area contributed by atoms with Gasteiger partial charge in [-0.25, -0.2) is 9.18 Å². The maximum atomic E-state index is 13.4. The van der Waals surface area contributed by atoms with E-state index >= 15 is 0 Å². The number of hydrogen-bond donors (Lipinski definition) is 2. The molecule has 0 atom stereocenters. The zero-order valence-corrected chi connectivity index (χ0v) is 10.6. The normalized spacial score (nSPS) is 11.1. The second kappa shape index (κ2) is 5.16. The predicted molar refractivity (Wildman–Crippen MR) is 66.1 cm³/mol. The summed E-state index contributed by atoms with van der Waals surface area (Å²) in [6.07, 6.45) is 0.594. The van der Waals surface area contributed by atoms with Crippen LogP contribution < -0.4 is 5.32 Å². The summed E-state index contributed by atoms with van der Waals surface area (Å²) < 4.78 is 13.4. The summed E-state index contributed by atoms with van der Waals surface area (Å²) in [5.74, 6) is -2.61. The summed E-state index contributed by atoms with van der Waals surface area (Å²) in [7, 11) is 0. The Labute approximate surface area is 105 Å². The van der Waals surface area contributed by atoms with Gasteiger partial charge in [0, 0.05) is 5.41 Å². The SMILES string of the molecule is CCC(C)(C)C(=O)Nc1cccc(F)c1C(=O)O. The van der Waals surface area contributed by atoms with E-state index in [-0.39, 0.29) is 11.6 Å². The van der Waals surface area contributed by atoms with Crippen LogP contribution in [0.15, 0.2) is 18.2 Å². The molecule has 0 saturated carbocycles. The molecule has 1 rings (SSSR count). The molecule has 0 heterocycles. The van der Waals surface area contributed by atoms with Gasteiger partial charge in [0.25, 0.3) is 0 Å². The molecule has 1 aromatic rings. The number of carbonyl (C=O) groups excluding carboxylic acids is 1. The molecule has 0 saturated heterocycles. The maximum absolute atomic E-state index is 13.4. The molecule has 0 bridgehead atoms. The van der Waals surface area contributed by atoms with Gasteiger partial charge in [0.05, 0.1) is 5.69 Å². The van der Waals surface area contributed by atoms with Crippen LogP contribution >= 0.6 is 0 Å². The van der Waals surface area contributed by atoms with Crippen molar-refractivity contribution in [1.29, 1.82) is 0 Å². The van der Waals surface area contributed by atoms with Crippen molar-refractivity contribution in [2.45, 2.75) is 27.2 Å². The number of carboxylic acids is 1. The van der Waals surface area contributed by atoms with Gasteiger partial charge in [-0.3, -0.25) is 4.79 Å². The molecule has 0 fully saturated rings. The van der Waals surface area contributed by atoms with E-state index in [4.69, 9.17) is 5.11 Å². The molecule has 0 radical (unpaired) electrons. The van der Waals surface area contributed by atoms with Crippen LogP contribution in [-0.2, 0) is 4.79 Å². The molecule has 0 spiro atoms. The molecule has 0 aliphatic heterocycles. The minimum atomic E-state index is -1.40. The highest BCUT2D eigenvalue weighted by Crippen LogP contribution is 2.25. The van der Waals surface area contributed by atoms with Crippen molar-refractivity contribution in [2.24, 2.45) is 5.41 Å². The Hall–Kier alpha value is -1.91. The van der Waals surface area contributed by atoms with Crippen LogP contribution in [0.25, 0.3) is 0 Å². The summed E-state index contributed by atoms with van der Waals surface area (Å²) in [6.45, 7) is 5.33. The van der Waals surface area contributed by atoms with Gasteiger partial charge in [-0.2, -0.15) is 0 Å². The van der Waals surface area contributed by atoms with E-state index in [9.17, 15) is 14.0 Å². The second-order valence-corrected chi connectivity index (χ2v) is 4.66. The molecule has 18 heavy (non-hydrogen) atoms. The average Bonchev–Trinajstić information content (AvgIpc) is 2.28. The Morgan fingerprint density at radius 2 is 2.00 bits per heavy atom. The molecule has 98 valence electrons. The largest absolute Gasteiger partial charge is 0.478 e. The summed E-state index contributed by atoms with van der Waals surface area (Å²) in [6, 6.07) is 3.77. The third-order valence-corrected chi connectivity index (χ3v) is 2.97. The molecule has 5 heteroatoms. The Kier molecular flexibility index (Phi) is 4.06. The van der Waals surface area contributed by atoms with Crippen molar-refractivity contribution in [3.8, 4) is 0 Å². The number of amides is 1. The fraction of sp³-hybridized carbons (Fsp3) is 0.385. The van der Waals surface area contributed by atoms with Gasteiger partial charge in [0.15, 0.2) is 0 Å². The lowest BCUT2D eigenvalue weighted by molar-refractivity contribution is -0.124. The third-order valence-electron chi connectivity index (χ3n) is 2.97. The van der Waals surface area contributed by atoms with Crippen molar-refractivity contribution < 1.29 is 19.1 Å². The molecule has 0 aliphatic carbocycles. The van der Waals surface area contributed by atoms with E-state index < -0.39 is 22.8 Å². The number of carbonyl (C=O) groups is 2. The van der Waals surface area contributed by atoms with E-state index in [1.807, 2.05) is 6.92 Å². The Bertz CT molecular complexity index is 483. The Morgan fingerprint density at radius 1 is 1.39 bits per heavy atom. The first-order valence-corrected chi connectivity index (χ1v) is 5.63. The summed E-state index contributed by atoms with van der Waals surface area (Å²) in [5.41, 5.74) is -1.17. The number of aromatic carboxylic acids is 1. The van der Waals surface area contributed by atoms with Gasteiger partial charge in [-0.1, -0.05) is 26.8 Å². The van der Waals surface area contributed by atoms with Crippen LogP contribution in [0.1, 0.15) is 37.6 Å². The number of rotatable bonds is 4. The molecule has 1 amide bonds. The van der Waals surface area contributed by atoms with E-state index in [0.29, 0.717) is 6.42 Å². The van der Waals surface area contributed by atoms with Gasteiger partial charge in [0.1, 0.15) is 11.4 Å². The number of carboxylic acid groups (broad SMARTS) is 1. The number of anilines is 1. The third kappa shape index (κ3) is 2.85. The van der Waals surface area contributed by atoms with E-state index in [1.54, 1.807) is 13.8 Å².